The maximum atomic E-state index is 12.4. The van der Waals surface area contributed by atoms with Gasteiger partial charge in [0.1, 0.15) is 0 Å². The number of carbonyl (C=O) groups is 1. The van der Waals surface area contributed by atoms with Crippen LogP contribution >= 0.6 is 12.2 Å². The van der Waals surface area contributed by atoms with Crippen molar-refractivity contribution < 1.29 is 9.53 Å². The van der Waals surface area contributed by atoms with E-state index in [0.717, 1.165) is 42.7 Å². The zero-order chi connectivity index (χ0) is 21.1. The van der Waals surface area contributed by atoms with Crippen molar-refractivity contribution in [2.24, 2.45) is 0 Å². The van der Waals surface area contributed by atoms with Gasteiger partial charge in [0.25, 0.3) is 0 Å². The third kappa shape index (κ3) is 4.09. The second-order valence-corrected chi connectivity index (χ2v) is 7.65. The first-order chi connectivity index (χ1) is 14.6. The molecule has 30 heavy (non-hydrogen) atoms. The molecule has 0 saturated carbocycles. The first-order valence-electron chi connectivity index (χ1n) is 10.1. The highest BCUT2D eigenvalue weighted by Gasteiger charge is 2.24. The number of aromatic nitrogens is 2. The third-order valence-corrected chi connectivity index (χ3v) is 5.75. The Hall–Kier alpha value is -3.13. The Labute approximate surface area is 179 Å². The van der Waals surface area contributed by atoms with E-state index >= 15 is 0 Å². The number of para-hydroxylation sites is 2. The number of likely N-dealkylation sites (tertiary alicyclic amines) is 1. The van der Waals surface area contributed by atoms with Crippen molar-refractivity contribution in [2.75, 3.05) is 25.0 Å². The van der Waals surface area contributed by atoms with Crippen LogP contribution in [0.4, 0.5) is 5.69 Å². The van der Waals surface area contributed by atoms with E-state index in [2.05, 4.69) is 15.2 Å². The molecule has 0 radical (unpaired) electrons. The van der Waals surface area contributed by atoms with E-state index in [-0.39, 0.29) is 17.7 Å². The number of esters is 1. The number of nitrogens with zero attached hydrogens (tertiary/aromatic N) is 2. The summed E-state index contributed by atoms with van der Waals surface area (Å²) in [6.45, 7) is 3.67. The minimum Gasteiger partial charge on any atom is -0.462 e. The van der Waals surface area contributed by atoms with Gasteiger partial charge in [0, 0.05) is 24.8 Å². The number of benzene rings is 2. The Morgan fingerprint density at radius 2 is 1.87 bits per heavy atom. The molecule has 8 heteroatoms. The number of rotatable bonds is 4. The molecule has 156 valence electrons. The molecule has 0 bridgehead atoms. The van der Waals surface area contributed by atoms with Crippen LogP contribution in [-0.2, 0) is 4.74 Å². The van der Waals surface area contributed by atoms with Crippen LogP contribution in [0, 0.1) is 0 Å². The molecule has 7 nitrogen and oxygen atoms in total. The second-order valence-electron chi connectivity index (χ2n) is 7.26. The normalized spacial score (nSPS) is 14.6. The summed E-state index contributed by atoms with van der Waals surface area (Å²) in [5.74, 6) is -0.332. The van der Waals surface area contributed by atoms with Gasteiger partial charge < -0.3 is 19.9 Å². The van der Waals surface area contributed by atoms with Gasteiger partial charge in [-0.1, -0.05) is 12.1 Å². The second kappa shape index (κ2) is 8.71. The first kappa shape index (κ1) is 20.2. The van der Waals surface area contributed by atoms with Crippen LogP contribution in [-0.4, -0.2) is 45.2 Å². The molecule has 0 atom stereocenters. The number of aromatic amines is 1. The fourth-order valence-corrected chi connectivity index (χ4v) is 4.17. The number of anilines is 1. The van der Waals surface area contributed by atoms with Crippen LogP contribution in [0.25, 0.3) is 11.0 Å². The first-order valence-corrected chi connectivity index (χ1v) is 10.5. The molecular weight excluding hydrogens is 400 g/mol. The Kier molecular flexibility index (Phi) is 5.85. The highest BCUT2D eigenvalue weighted by Crippen LogP contribution is 2.25. The number of fused-ring (bicyclic) bond motifs is 1. The number of hydrogen-bond acceptors (Lipinski definition) is 4. The van der Waals surface area contributed by atoms with Gasteiger partial charge in [-0.2, -0.15) is 0 Å². The van der Waals surface area contributed by atoms with Crippen LogP contribution in [0.3, 0.4) is 0 Å². The van der Waals surface area contributed by atoms with Crippen molar-refractivity contribution in [3.8, 4) is 0 Å². The van der Waals surface area contributed by atoms with E-state index in [1.165, 1.54) is 0 Å². The molecule has 0 amide bonds. The van der Waals surface area contributed by atoms with Crippen LogP contribution in [0.1, 0.15) is 36.2 Å². The number of H-pyrrole nitrogens is 1. The summed E-state index contributed by atoms with van der Waals surface area (Å²) in [5.41, 5.74) is 3.09. The smallest absolute Gasteiger partial charge is 0.338 e. The molecule has 0 unspecified atom stereocenters. The van der Waals surface area contributed by atoms with Gasteiger partial charge in [-0.25, -0.2) is 9.59 Å². The van der Waals surface area contributed by atoms with Gasteiger partial charge in [-0.3, -0.25) is 4.57 Å². The summed E-state index contributed by atoms with van der Waals surface area (Å²) in [6, 6.07) is 15.0. The zero-order valence-electron chi connectivity index (χ0n) is 16.8. The molecule has 2 N–H and O–H groups in total. The Bertz CT molecular complexity index is 1110. The van der Waals surface area contributed by atoms with Crippen LogP contribution in [0.15, 0.2) is 53.3 Å². The molecule has 1 aliphatic heterocycles. The van der Waals surface area contributed by atoms with Crippen LogP contribution < -0.4 is 11.0 Å². The van der Waals surface area contributed by atoms with E-state index in [9.17, 15) is 9.59 Å². The molecular formula is C22H24N4O3S. The largest absolute Gasteiger partial charge is 0.462 e. The third-order valence-electron chi connectivity index (χ3n) is 5.39. The number of ether oxygens (including phenoxy) is 1. The highest BCUT2D eigenvalue weighted by molar-refractivity contribution is 7.80. The van der Waals surface area contributed by atoms with Crippen molar-refractivity contribution in [3.63, 3.8) is 0 Å². The van der Waals surface area contributed by atoms with Crippen molar-refractivity contribution in [3.05, 3.63) is 64.6 Å². The van der Waals surface area contributed by atoms with Gasteiger partial charge in [0.2, 0.25) is 0 Å². The molecule has 1 saturated heterocycles. The monoisotopic (exact) mass is 424 g/mol. The zero-order valence-corrected chi connectivity index (χ0v) is 17.6. The van der Waals surface area contributed by atoms with Crippen molar-refractivity contribution in [2.45, 2.75) is 25.8 Å². The van der Waals surface area contributed by atoms with Crippen molar-refractivity contribution in [1.29, 1.82) is 0 Å². The Balaban J connectivity index is 1.37. The molecule has 2 aromatic carbocycles. The summed E-state index contributed by atoms with van der Waals surface area (Å²) in [4.78, 5) is 29.2. The van der Waals surface area contributed by atoms with Gasteiger partial charge in [-0.15, -0.1) is 0 Å². The number of piperidine rings is 1. The molecule has 3 aromatic rings. The fourth-order valence-electron chi connectivity index (χ4n) is 3.87. The standard InChI is InChI=1S/C22H24N4O3S/c1-2-29-20(27)15-7-9-16(10-8-15)23-22(30)25-13-11-17(12-14-25)26-19-6-4-3-5-18(19)24-21(26)28/h3-10,17H,2,11-14H2,1H3,(H,23,30)(H,24,28). The minimum absolute atomic E-state index is 0.0583. The van der Waals surface area contributed by atoms with E-state index < -0.39 is 0 Å². The van der Waals surface area contributed by atoms with E-state index in [1.54, 1.807) is 19.1 Å². The van der Waals surface area contributed by atoms with E-state index in [4.69, 9.17) is 17.0 Å². The number of hydrogen-bond donors (Lipinski definition) is 2. The number of carbonyl (C=O) groups excluding carboxylic acids is 1. The molecule has 4 rings (SSSR count). The fraction of sp³-hybridized carbons (Fsp3) is 0.318. The summed E-state index contributed by atoms with van der Waals surface area (Å²) in [5, 5.41) is 3.87. The molecule has 1 aliphatic rings. The predicted octanol–water partition coefficient (Wildman–Crippen LogP) is 3.54. The molecule has 0 aliphatic carbocycles. The van der Waals surface area contributed by atoms with Crippen molar-refractivity contribution in [1.82, 2.24) is 14.5 Å². The lowest BCUT2D eigenvalue weighted by Gasteiger charge is -2.34. The highest BCUT2D eigenvalue weighted by atomic mass is 32.1. The van der Waals surface area contributed by atoms with Gasteiger partial charge in [-0.05, 0) is 68.4 Å². The summed E-state index contributed by atoms with van der Waals surface area (Å²) in [7, 11) is 0. The Morgan fingerprint density at radius 1 is 1.17 bits per heavy atom. The quantitative estimate of drug-likeness (QED) is 0.493. The van der Waals surface area contributed by atoms with E-state index in [1.807, 2.05) is 41.0 Å². The van der Waals surface area contributed by atoms with Gasteiger partial charge in [0.05, 0.1) is 23.2 Å². The lowest BCUT2D eigenvalue weighted by molar-refractivity contribution is 0.0526. The SMILES string of the molecule is CCOC(=O)c1ccc(NC(=S)N2CCC(n3c(=O)[nH]c4ccccc43)CC2)cc1. The number of nitrogens with one attached hydrogen (secondary N) is 2. The van der Waals surface area contributed by atoms with E-state index in [0.29, 0.717) is 17.3 Å². The summed E-state index contributed by atoms with van der Waals surface area (Å²) < 4.78 is 6.87. The van der Waals surface area contributed by atoms with Gasteiger partial charge in [0.15, 0.2) is 5.11 Å². The van der Waals surface area contributed by atoms with Crippen molar-refractivity contribution >= 4 is 40.0 Å². The maximum absolute atomic E-state index is 12.4. The lowest BCUT2D eigenvalue weighted by Crippen LogP contribution is -2.42. The summed E-state index contributed by atoms with van der Waals surface area (Å²) in [6.07, 6.45) is 1.68. The summed E-state index contributed by atoms with van der Waals surface area (Å²) >= 11 is 5.57. The average molecular weight is 425 g/mol. The van der Waals surface area contributed by atoms with Crippen LogP contribution in [0.5, 0.6) is 0 Å². The predicted molar refractivity (Wildman–Crippen MR) is 121 cm³/mol. The van der Waals surface area contributed by atoms with Gasteiger partial charge >= 0.3 is 11.7 Å². The number of imidazole rings is 1. The number of thiocarbonyl (C=S) groups is 1. The van der Waals surface area contributed by atoms with Crippen LogP contribution in [0.2, 0.25) is 0 Å². The average Bonchev–Trinajstić information content (AvgIpc) is 3.10. The topological polar surface area (TPSA) is 79.4 Å². The molecule has 0 spiro atoms. The maximum Gasteiger partial charge on any atom is 0.338 e. The minimum atomic E-state index is -0.332. The molecule has 2 heterocycles. The molecule has 1 fully saturated rings. The Morgan fingerprint density at radius 3 is 2.57 bits per heavy atom. The lowest BCUT2D eigenvalue weighted by atomic mass is 10.0. The molecule has 1 aromatic heterocycles.